The van der Waals surface area contributed by atoms with Crippen molar-refractivity contribution >= 4 is 5.91 Å². The van der Waals surface area contributed by atoms with E-state index in [0.717, 1.165) is 19.5 Å². The fourth-order valence-corrected chi connectivity index (χ4v) is 0.995. The van der Waals surface area contributed by atoms with Crippen molar-refractivity contribution in [2.45, 2.75) is 34.1 Å². The Morgan fingerprint density at radius 1 is 1.36 bits per heavy atom. The molecule has 3 heteroatoms. The molecule has 1 amide bonds. The van der Waals surface area contributed by atoms with Crippen LogP contribution in [0, 0.1) is 5.41 Å². The van der Waals surface area contributed by atoms with Gasteiger partial charge in [-0.1, -0.05) is 27.7 Å². The first-order valence-electron chi connectivity index (χ1n) is 5.31. The second-order valence-corrected chi connectivity index (χ2v) is 4.91. The van der Waals surface area contributed by atoms with E-state index < -0.39 is 0 Å². The number of hydrogen-bond donors (Lipinski definition) is 1. The number of nitrogens with one attached hydrogen (secondary N) is 1. The summed E-state index contributed by atoms with van der Waals surface area (Å²) in [7, 11) is 1.87. The van der Waals surface area contributed by atoms with Gasteiger partial charge in [-0.05, 0) is 18.4 Å². The van der Waals surface area contributed by atoms with Crippen molar-refractivity contribution in [3.05, 3.63) is 0 Å². The molecule has 0 aromatic heterocycles. The highest BCUT2D eigenvalue weighted by atomic mass is 16.2. The van der Waals surface area contributed by atoms with Crippen LogP contribution in [0.25, 0.3) is 0 Å². The molecule has 1 N–H and O–H groups in total. The zero-order valence-corrected chi connectivity index (χ0v) is 10.2. The normalized spacial score (nSPS) is 11.5. The molecule has 0 fully saturated rings. The molecule has 84 valence electrons. The van der Waals surface area contributed by atoms with E-state index in [-0.39, 0.29) is 5.91 Å². The average Bonchev–Trinajstić information content (AvgIpc) is 2.09. The van der Waals surface area contributed by atoms with Gasteiger partial charge in [0.1, 0.15) is 0 Å². The monoisotopic (exact) mass is 200 g/mol. The van der Waals surface area contributed by atoms with Gasteiger partial charge in [-0.25, -0.2) is 0 Å². The van der Waals surface area contributed by atoms with Crippen LogP contribution in [0.4, 0.5) is 0 Å². The highest BCUT2D eigenvalue weighted by molar-refractivity contribution is 5.77. The van der Waals surface area contributed by atoms with Gasteiger partial charge in [0, 0.05) is 13.6 Å². The topological polar surface area (TPSA) is 32.3 Å². The van der Waals surface area contributed by atoms with Gasteiger partial charge in [-0.3, -0.25) is 4.79 Å². The molecule has 14 heavy (non-hydrogen) atoms. The fraction of sp³-hybridized carbons (Fsp3) is 0.909. The zero-order valence-electron chi connectivity index (χ0n) is 10.2. The standard InChI is InChI=1S/C11H24N2O/c1-6-12-9-10(14)13(5)8-7-11(2,3)4/h12H,6-9H2,1-5H3. The minimum absolute atomic E-state index is 0.177. The van der Waals surface area contributed by atoms with Gasteiger partial charge in [0.25, 0.3) is 0 Å². The van der Waals surface area contributed by atoms with Gasteiger partial charge in [0.2, 0.25) is 5.91 Å². The minimum Gasteiger partial charge on any atom is -0.345 e. The lowest BCUT2D eigenvalue weighted by Crippen LogP contribution is -2.37. The van der Waals surface area contributed by atoms with E-state index in [9.17, 15) is 4.79 Å². The van der Waals surface area contributed by atoms with Crippen LogP contribution in [0.3, 0.4) is 0 Å². The lowest BCUT2D eigenvalue weighted by atomic mass is 9.92. The highest BCUT2D eigenvalue weighted by Crippen LogP contribution is 2.18. The Bertz CT molecular complexity index is 173. The van der Waals surface area contributed by atoms with Crippen molar-refractivity contribution in [3.8, 4) is 0 Å². The van der Waals surface area contributed by atoms with Crippen molar-refractivity contribution < 1.29 is 4.79 Å². The van der Waals surface area contributed by atoms with E-state index >= 15 is 0 Å². The summed E-state index contributed by atoms with van der Waals surface area (Å²) in [6, 6.07) is 0. The van der Waals surface area contributed by atoms with Crippen LogP contribution in [-0.4, -0.2) is 37.5 Å². The van der Waals surface area contributed by atoms with Crippen LogP contribution in [0.2, 0.25) is 0 Å². The van der Waals surface area contributed by atoms with E-state index in [2.05, 4.69) is 26.1 Å². The molecular weight excluding hydrogens is 176 g/mol. The van der Waals surface area contributed by atoms with Crippen molar-refractivity contribution in [3.63, 3.8) is 0 Å². The molecule has 0 aromatic rings. The predicted molar refractivity (Wildman–Crippen MR) is 60.3 cm³/mol. The van der Waals surface area contributed by atoms with Crippen molar-refractivity contribution in [2.75, 3.05) is 26.7 Å². The van der Waals surface area contributed by atoms with E-state index in [1.165, 1.54) is 0 Å². The first kappa shape index (κ1) is 13.4. The van der Waals surface area contributed by atoms with Crippen LogP contribution >= 0.6 is 0 Å². The zero-order chi connectivity index (χ0) is 11.2. The molecule has 0 heterocycles. The molecule has 0 aliphatic heterocycles. The van der Waals surface area contributed by atoms with E-state index in [1.807, 2.05) is 14.0 Å². The number of amides is 1. The maximum Gasteiger partial charge on any atom is 0.236 e. The smallest absolute Gasteiger partial charge is 0.236 e. The summed E-state index contributed by atoms with van der Waals surface area (Å²) in [5.41, 5.74) is 0.298. The summed E-state index contributed by atoms with van der Waals surface area (Å²) < 4.78 is 0. The van der Waals surface area contributed by atoms with Gasteiger partial charge in [-0.15, -0.1) is 0 Å². The maximum atomic E-state index is 11.5. The lowest BCUT2D eigenvalue weighted by Gasteiger charge is -2.23. The largest absolute Gasteiger partial charge is 0.345 e. The number of carbonyl (C=O) groups excluding carboxylic acids is 1. The molecule has 0 aromatic carbocycles. The van der Waals surface area contributed by atoms with Crippen LogP contribution in [0.15, 0.2) is 0 Å². The molecule has 0 radical (unpaired) electrons. The third kappa shape index (κ3) is 6.89. The summed E-state index contributed by atoms with van der Waals surface area (Å²) in [6.07, 6.45) is 1.04. The Hall–Kier alpha value is -0.570. The number of nitrogens with zero attached hydrogens (tertiary/aromatic N) is 1. The van der Waals surface area contributed by atoms with Crippen molar-refractivity contribution in [1.82, 2.24) is 10.2 Å². The average molecular weight is 200 g/mol. The Morgan fingerprint density at radius 2 is 1.93 bits per heavy atom. The summed E-state index contributed by atoms with van der Waals surface area (Å²) in [6.45, 7) is 10.7. The van der Waals surface area contributed by atoms with Gasteiger partial charge >= 0.3 is 0 Å². The molecule has 0 saturated heterocycles. The second-order valence-electron chi connectivity index (χ2n) is 4.91. The van der Waals surface area contributed by atoms with E-state index in [0.29, 0.717) is 12.0 Å². The van der Waals surface area contributed by atoms with Crippen LogP contribution < -0.4 is 5.32 Å². The highest BCUT2D eigenvalue weighted by Gasteiger charge is 2.13. The van der Waals surface area contributed by atoms with Crippen LogP contribution in [-0.2, 0) is 4.79 Å². The minimum atomic E-state index is 0.177. The molecular formula is C11H24N2O. The molecule has 0 saturated carbocycles. The van der Waals surface area contributed by atoms with E-state index in [4.69, 9.17) is 0 Å². The lowest BCUT2D eigenvalue weighted by molar-refractivity contribution is -0.129. The molecule has 0 atom stereocenters. The predicted octanol–water partition coefficient (Wildman–Crippen LogP) is 1.49. The fourth-order valence-electron chi connectivity index (χ4n) is 0.995. The maximum absolute atomic E-state index is 11.5. The van der Waals surface area contributed by atoms with Gasteiger partial charge in [0.05, 0.1) is 6.54 Å². The number of carbonyl (C=O) groups is 1. The summed E-state index contributed by atoms with van der Waals surface area (Å²) >= 11 is 0. The molecule has 0 spiro atoms. The third-order valence-electron chi connectivity index (χ3n) is 2.15. The molecule has 3 nitrogen and oxygen atoms in total. The molecule has 0 aliphatic rings. The molecule has 0 aliphatic carbocycles. The Balaban J connectivity index is 3.73. The van der Waals surface area contributed by atoms with Gasteiger partial charge in [-0.2, -0.15) is 0 Å². The van der Waals surface area contributed by atoms with Crippen molar-refractivity contribution in [2.24, 2.45) is 5.41 Å². The molecule has 0 unspecified atom stereocenters. The van der Waals surface area contributed by atoms with Crippen LogP contribution in [0.5, 0.6) is 0 Å². The Kier molecular flexibility index (Phi) is 5.77. The summed E-state index contributed by atoms with van der Waals surface area (Å²) in [5.74, 6) is 0.177. The molecule has 0 bridgehead atoms. The van der Waals surface area contributed by atoms with Gasteiger partial charge in [0.15, 0.2) is 0 Å². The first-order chi connectivity index (χ1) is 6.37. The SMILES string of the molecule is CCNCC(=O)N(C)CCC(C)(C)C. The quantitative estimate of drug-likeness (QED) is 0.729. The van der Waals surface area contributed by atoms with Gasteiger partial charge < -0.3 is 10.2 Å². The van der Waals surface area contributed by atoms with E-state index in [1.54, 1.807) is 4.90 Å². The summed E-state index contributed by atoms with van der Waals surface area (Å²) in [5, 5.41) is 3.03. The first-order valence-corrected chi connectivity index (χ1v) is 5.31. The van der Waals surface area contributed by atoms with Crippen LogP contribution in [0.1, 0.15) is 34.1 Å². The third-order valence-corrected chi connectivity index (χ3v) is 2.15. The summed E-state index contributed by atoms with van der Waals surface area (Å²) in [4.78, 5) is 13.3. The number of hydrogen-bond acceptors (Lipinski definition) is 2. The Morgan fingerprint density at radius 3 is 2.36 bits per heavy atom. The second kappa shape index (κ2) is 6.02. The molecule has 0 rings (SSSR count). The number of rotatable bonds is 5. The Labute approximate surface area is 87.9 Å². The number of likely N-dealkylation sites (N-methyl/N-ethyl adjacent to an activating group) is 2. The van der Waals surface area contributed by atoms with Crippen molar-refractivity contribution in [1.29, 1.82) is 0 Å².